The van der Waals surface area contributed by atoms with Crippen LogP contribution in [0.25, 0.3) is 0 Å². The molecule has 1 aliphatic heterocycles. The fourth-order valence-corrected chi connectivity index (χ4v) is 2.77. The van der Waals surface area contributed by atoms with Crippen molar-refractivity contribution in [2.75, 3.05) is 38.2 Å². The number of piperazine rings is 1. The quantitative estimate of drug-likeness (QED) is 0.808. The molecule has 17 heavy (non-hydrogen) atoms. The summed E-state index contributed by atoms with van der Waals surface area (Å²) in [6.45, 7) is 4.70. The van der Waals surface area contributed by atoms with Crippen LogP contribution in [0, 0.1) is 0 Å². The third-order valence-corrected chi connectivity index (χ3v) is 3.98. The van der Waals surface area contributed by atoms with Gasteiger partial charge in [0.05, 0.1) is 0 Å². The molecule has 0 radical (unpaired) electrons. The van der Waals surface area contributed by atoms with Crippen LogP contribution in [-0.2, 0) is 0 Å². The average Bonchev–Trinajstić information content (AvgIpc) is 2.41. The van der Waals surface area contributed by atoms with Crippen LogP contribution >= 0.6 is 11.8 Å². The molecule has 94 valence electrons. The Hall–Kier alpha value is -0.510. The topological polar surface area (TPSA) is 15.3 Å². The highest BCUT2D eigenvalue weighted by Gasteiger charge is 2.19. The lowest BCUT2D eigenvalue weighted by molar-refractivity contribution is 0.201. The molecule has 0 aliphatic carbocycles. The van der Waals surface area contributed by atoms with Crippen LogP contribution in [0.5, 0.6) is 0 Å². The summed E-state index contributed by atoms with van der Waals surface area (Å²) in [4.78, 5) is 2.59. The van der Waals surface area contributed by atoms with E-state index >= 15 is 0 Å². The SMILES string of the molecule is CSCCCN1CCNC(c2ccccc2)C1. The van der Waals surface area contributed by atoms with Crippen LogP contribution in [0.15, 0.2) is 30.3 Å². The largest absolute Gasteiger partial charge is 0.308 e. The molecule has 0 aromatic heterocycles. The molecule has 3 heteroatoms. The first-order valence-electron chi connectivity index (χ1n) is 6.40. The van der Waals surface area contributed by atoms with Crippen molar-refractivity contribution in [3.8, 4) is 0 Å². The number of rotatable bonds is 5. The summed E-state index contributed by atoms with van der Waals surface area (Å²) in [5.41, 5.74) is 1.42. The van der Waals surface area contributed by atoms with Crippen molar-refractivity contribution in [2.24, 2.45) is 0 Å². The van der Waals surface area contributed by atoms with E-state index in [-0.39, 0.29) is 0 Å². The van der Waals surface area contributed by atoms with E-state index in [0.29, 0.717) is 6.04 Å². The van der Waals surface area contributed by atoms with E-state index in [1.54, 1.807) is 0 Å². The first-order chi connectivity index (χ1) is 8.40. The molecule has 2 nitrogen and oxygen atoms in total. The van der Waals surface area contributed by atoms with Gasteiger partial charge in [0.2, 0.25) is 0 Å². The first kappa shape index (κ1) is 12.9. The van der Waals surface area contributed by atoms with Crippen LogP contribution in [0.4, 0.5) is 0 Å². The van der Waals surface area contributed by atoms with Gasteiger partial charge in [-0.25, -0.2) is 0 Å². The zero-order valence-corrected chi connectivity index (χ0v) is 11.4. The van der Waals surface area contributed by atoms with Gasteiger partial charge in [0.1, 0.15) is 0 Å². The lowest BCUT2D eigenvalue weighted by atomic mass is 10.0. The van der Waals surface area contributed by atoms with E-state index in [1.807, 2.05) is 11.8 Å². The first-order valence-corrected chi connectivity index (χ1v) is 7.79. The van der Waals surface area contributed by atoms with Crippen molar-refractivity contribution >= 4 is 11.8 Å². The highest BCUT2D eigenvalue weighted by Crippen LogP contribution is 2.17. The van der Waals surface area contributed by atoms with E-state index in [0.717, 1.165) is 13.1 Å². The zero-order valence-electron chi connectivity index (χ0n) is 10.6. The minimum atomic E-state index is 0.513. The lowest BCUT2D eigenvalue weighted by Gasteiger charge is -2.34. The van der Waals surface area contributed by atoms with Gasteiger partial charge in [0.15, 0.2) is 0 Å². The lowest BCUT2D eigenvalue weighted by Crippen LogP contribution is -2.46. The van der Waals surface area contributed by atoms with Gasteiger partial charge in [-0.3, -0.25) is 0 Å². The number of nitrogens with one attached hydrogen (secondary N) is 1. The van der Waals surface area contributed by atoms with Crippen molar-refractivity contribution in [3.63, 3.8) is 0 Å². The van der Waals surface area contributed by atoms with Gasteiger partial charge in [0, 0.05) is 25.7 Å². The van der Waals surface area contributed by atoms with E-state index in [2.05, 4.69) is 46.8 Å². The highest BCUT2D eigenvalue weighted by molar-refractivity contribution is 7.98. The molecular formula is C14H22N2S. The zero-order chi connectivity index (χ0) is 11.9. The Morgan fingerprint density at radius 3 is 2.94 bits per heavy atom. The predicted octanol–water partition coefficient (Wildman–Crippen LogP) is 2.39. The Bertz CT molecular complexity index is 315. The molecule has 1 aromatic rings. The predicted molar refractivity (Wildman–Crippen MR) is 76.6 cm³/mol. The molecule has 1 N–H and O–H groups in total. The minimum Gasteiger partial charge on any atom is -0.308 e. The summed E-state index contributed by atoms with van der Waals surface area (Å²) in [6.07, 6.45) is 3.49. The van der Waals surface area contributed by atoms with Crippen molar-refractivity contribution in [3.05, 3.63) is 35.9 Å². The third kappa shape index (κ3) is 4.02. The van der Waals surface area contributed by atoms with Crippen molar-refractivity contribution in [1.82, 2.24) is 10.2 Å². The third-order valence-electron chi connectivity index (χ3n) is 3.28. The molecule has 2 rings (SSSR count). The molecule has 0 saturated carbocycles. The number of hydrogen-bond acceptors (Lipinski definition) is 3. The van der Waals surface area contributed by atoms with Gasteiger partial charge in [0.25, 0.3) is 0 Å². The Balaban J connectivity index is 1.84. The summed E-state index contributed by atoms with van der Waals surface area (Å²) in [5.74, 6) is 1.28. The molecule has 1 aromatic carbocycles. The van der Waals surface area contributed by atoms with Crippen molar-refractivity contribution < 1.29 is 0 Å². The molecule has 1 aliphatic rings. The van der Waals surface area contributed by atoms with Crippen LogP contribution in [0.1, 0.15) is 18.0 Å². The maximum atomic E-state index is 3.61. The minimum absolute atomic E-state index is 0.513. The van der Waals surface area contributed by atoms with E-state index < -0.39 is 0 Å². The molecule has 1 fully saturated rings. The molecule has 0 spiro atoms. The van der Waals surface area contributed by atoms with Crippen LogP contribution in [0.3, 0.4) is 0 Å². The molecule has 1 unspecified atom stereocenters. The van der Waals surface area contributed by atoms with E-state index in [9.17, 15) is 0 Å². The van der Waals surface area contributed by atoms with Gasteiger partial charge in [-0.1, -0.05) is 30.3 Å². The second-order valence-electron chi connectivity index (χ2n) is 4.56. The summed E-state index contributed by atoms with van der Waals surface area (Å²) in [5, 5.41) is 3.61. The summed E-state index contributed by atoms with van der Waals surface area (Å²) >= 11 is 1.95. The van der Waals surface area contributed by atoms with Crippen LogP contribution in [-0.4, -0.2) is 43.1 Å². The monoisotopic (exact) mass is 250 g/mol. The summed E-state index contributed by atoms with van der Waals surface area (Å²) < 4.78 is 0. The van der Waals surface area contributed by atoms with Gasteiger partial charge < -0.3 is 10.2 Å². The van der Waals surface area contributed by atoms with Crippen LogP contribution < -0.4 is 5.32 Å². The summed E-state index contributed by atoms with van der Waals surface area (Å²) in [6, 6.07) is 11.3. The molecule has 1 saturated heterocycles. The van der Waals surface area contributed by atoms with Crippen molar-refractivity contribution in [2.45, 2.75) is 12.5 Å². The number of nitrogens with zero attached hydrogens (tertiary/aromatic N) is 1. The number of hydrogen-bond donors (Lipinski definition) is 1. The molecule has 1 heterocycles. The van der Waals surface area contributed by atoms with Gasteiger partial charge in [-0.15, -0.1) is 0 Å². The second-order valence-corrected chi connectivity index (χ2v) is 5.55. The molecule has 1 atom stereocenters. The number of thioether (sulfide) groups is 1. The smallest absolute Gasteiger partial charge is 0.0449 e. The average molecular weight is 250 g/mol. The maximum absolute atomic E-state index is 3.61. The van der Waals surface area contributed by atoms with E-state index in [4.69, 9.17) is 0 Å². The van der Waals surface area contributed by atoms with Crippen LogP contribution in [0.2, 0.25) is 0 Å². The van der Waals surface area contributed by atoms with Crippen molar-refractivity contribution in [1.29, 1.82) is 0 Å². The van der Waals surface area contributed by atoms with Gasteiger partial charge in [-0.05, 0) is 30.5 Å². The second kappa shape index (κ2) is 7.04. The fraction of sp³-hybridized carbons (Fsp3) is 0.571. The molecule has 0 bridgehead atoms. The maximum Gasteiger partial charge on any atom is 0.0449 e. The Morgan fingerprint density at radius 1 is 1.35 bits per heavy atom. The summed E-state index contributed by atoms with van der Waals surface area (Å²) in [7, 11) is 0. The Kier molecular flexibility index (Phi) is 5.36. The molecular weight excluding hydrogens is 228 g/mol. The van der Waals surface area contributed by atoms with Gasteiger partial charge >= 0.3 is 0 Å². The number of benzene rings is 1. The molecule has 0 amide bonds. The fourth-order valence-electron chi connectivity index (χ4n) is 2.36. The van der Waals surface area contributed by atoms with E-state index in [1.165, 1.54) is 30.8 Å². The Labute approximate surface area is 109 Å². The highest BCUT2D eigenvalue weighted by atomic mass is 32.2. The van der Waals surface area contributed by atoms with Gasteiger partial charge in [-0.2, -0.15) is 11.8 Å². The standard InChI is InChI=1S/C14H22N2S/c1-17-11-5-9-16-10-8-15-14(12-16)13-6-3-2-4-7-13/h2-4,6-7,14-15H,5,8-12H2,1H3. The Morgan fingerprint density at radius 2 is 2.18 bits per heavy atom. The normalized spacial score (nSPS) is 21.6.